The first kappa shape index (κ1) is 11.0. The largest absolute Gasteiger partial charge is 0.466 e. The van der Waals surface area contributed by atoms with E-state index in [1.165, 1.54) is 19.2 Å². The molecule has 0 radical (unpaired) electrons. The highest BCUT2D eigenvalue weighted by Crippen LogP contribution is 2.26. The molecule has 14 heavy (non-hydrogen) atoms. The van der Waals surface area contributed by atoms with Crippen molar-refractivity contribution in [2.24, 2.45) is 0 Å². The number of nitrogens with zero attached hydrogens (tertiary/aromatic N) is 1. The second kappa shape index (κ2) is 4.94. The van der Waals surface area contributed by atoms with Gasteiger partial charge in [-0.3, -0.25) is 0 Å². The number of methoxy groups -OCH3 is 1. The summed E-state index contributed by atoms with van der Waals surface area (Å²) in [6.07, 6.45) is 0. The molecular formula is C9H7BrFNO2. The maximum atomic E-state index is 13.2. The Morgan fingerprint density at radius 2 is 2.29 bits per heavy atom. The molecule has 0 heterocycles. The molecule has 0 bridgehead atoms. The van der Waals surface area contributed by atoms with Crippen LogP contribution in [0.2, 0.25) is 0 Å². The molecule has 0 unspecified atom stereocenters. The highest BCUT2D eigenvalue weighted by molar-refractivity contribution is 9.10. The lowest BCUT2D eigenvalue weighted by Gasteiger charge is -2.07. The van der Waals surface area contributed by atoms with Gasteiger partial charge in [0.25, 0.3) is 0 Å². The minimum absolute atomic E-state index is 0.0232. The number of ether oxygens (including phenoxy) is 2. The first-order chi connectivity index (χ1) is 6.69. The van der Waals surface area contributed by atoms with E-state index < -0.39 is 5.82 Å². The van der Waals surface area contributed by atoms with Crippen LogP contribution in [0.3, 0.4) is 0 Å². The van der Waals surface area contributed by atoms with Crippen LogP contribution in [0.4, 0.5) is 4.39 Å². The van der Waals surface area contributed by atoms with Crippen molar-refractivity contribution in [3.8, 4) is 11.8 Å². The number of halogens is 2. The van der Waals surface area contributed by atoms with Gasteiger partial charge in [-0.25, -0.2) is 4.39 Å². The molecule has 0 saturated carbocycles. The van der Waals surface area contributed by atoms with Crippen molar-refractivity contribution in [1.29, 1.82) is 5.26 Å². The molecule has 1 aromatic rings. The maximum absolute atomic E-state index is 13.2. The topological polar surface area (TPSA) is 42.2 Å². The quantitative estimate of drug-likeness (QED) is 0.784. The van der Waals surface area contributed by atoms with Gasteiger partial charge in [0.2, 0.25) is 0 Å². The summed E-state index contributed by atoms with van der Waals surface area (Å²) in [5.41, 5.74) is -0.120. The summed E-state index contributed by atoms with van der Waals surface area (Å²) < 4.78 is 23.4. The Labute approximate surface area is 89.2 Å². The molecular weight excluding hydrogens is 253 g/mol. The zero-order valence-corrected chi connectivity index (χ0v) is 8.97. The van der Waals surface area contributed by atoms with Crippen LogP contribution in [0.5, 0.6) is 5.75 Å². The lowest BCUT2D eigenvalue weighted by Crippen LogP contribution is -2.01. The van der Waals surface area contributed by atoms with Gasteiger partial charge in [-0.05, 0) is 12.1 Å². The van der Waals surface area contributed by atoms with E-state index in [1.807, 2.05) is 0 Å². The van der Waals surface area contributed by atoms with E-state index >= 15 is 0 Å². The first-order valence-corrected chi connectivity index (χ1v) is 4.49. The monoisotopic (exact) mass is 259 g/mol. The van der Waals surface area contributed by atoms with Crippen LogP contribution in [-0.2, 0) is 4.74 Å². The van der Waals surface area contributed by atoms with Gasteiger partial charge >= 0.3 is 0 Å². The van der Waals surface area contributed by atoms with E-state index in [-0.39, 0.29) is 18.1 Å². The van der Waals surface area contributed by atoms with Gasteiger partial charge in [0.15, 0.2) is 6.79 Å². The third-order valence-electron chi connectivity index (χ3n) is 1.46. The second-order valence-corrected chi connectivity index (χ2v) is 3.34. The van der Waals surface area contributed by atoms with Gasteiger partial charge in [0.1, 0.15) is 23.2 Å². The summed E-state index contributed by atoms with van der Waals surface area (Å²) in [4.78, 5) is 0. The Morgan fingerprint density at radius 1 is 1.57 bits per heavy atom. The standard InChI is InChI=1S/C9H7BrFNO2/c1-13-5-14-9-3-6(10)2-8(11)7(9)4-12/h2-3H,5H2,1H3. The molecule has 0 fully saturated rings. The Bertz CT molecular complexity index is 376. The van der Waals surface area contributed by atoms with Gasteiger partial charge in [-0.1, -0.05) is 15.9 Å². The smallest absolute Gasteiger partial charge is 0.188 e. The average Bonchev–Trinajstić information content (AvgIpc) is 2.14. The molecule has 1 rings (SSSR count). The zero-order valence-electron chi connectivity index (χ0n) is 7.38. The molecule has 0 aliphatic heterocycles. The lowest BCUT2D eigenvalue weighted by atomic mass is 10.2. The SMILES string of the molecule is COCOc1cc(Br)cc(F)c1C#N. The molecule has 0 spiro atoms. The molecule has 1 aromatic carbocycles. The molecule has 0 saturated heterocycles. The van der Waals surface area contributed by atoms with Crippen LogP contribution in [-0.4, -0.2) is 13.9 Å². The highest BCUT2D eigenvalue weighted by atomic mass is 79.9. The maximum Gasteiger partial charge on any atom is 0.188 e. The number of rotatable bonds is 3. The summed E-state index contributed by atoms with van der Waals surface area (Å²) in [5.74, 6) is -0.450. The van der Waals surface area contributed by atoms with Crippen molar-refractivity contribution in [2.75, 3.05) is 13.9 Å². The fourth-order valence-electron chi connectivity index (χ4n) is 0.895. The Hall–Kier alpha value is -1.12. The average molecular weight is 260 g/mol. The van der Waals surface area contributed by atoms with Crippen molar-refractivity contribution >= 4 is 15.9 Å². The van der Waals surface area contributed by atoms with Crippen LogP contribution in [0.25, 0.3) is 0 Å². The number of nitriles is 1. The zero-order chi connectivity index (χ0) is 10.6. The fraction of sp³-hybridized carbons (Fsp3) is 0.222. The molecule has 74 valence electrons. The Morgan fingerprint density at radius 3 is 2.86 bits per heavy atom. The molecule has 0 atom stereocenters. The van der Waals surface area contributed by atoms with Crippen LogP contribution in [0.1, 0.15) is 5.56 Å². The van der Waals surface area contributed by atoms with Gasteiger partial charge in [0.05, 0.1) is 0 Å². The van der Waals surface area contributed by atoms with Crippen LogP contribution < -0.4 is 4.74 Å². The molecule has 0 amide bonds. The molecule has 5 heteroatoms. The van der Waals surface area contributed by atoms with E-state index in [2.05, 4.69) is 20.7 Å². The van der Waals surface area contributed by atoms with Crippen LogP contribution in [0.15, 0.2) is 16.6 Å². The van der Waals surface area contributed by atoms with Crippen molar-refractivity contribution in [1.82, 2.24) is 0 Å². The highest BCUT2D eigenvalue weighted by Gasteiger charge is 2.10. The summed E-state index contributed by atoms with van der Waals surface area (Å²) in [6, 6.07) is 4.44. The minimum atomic E-state index is -0.618. The normalized spacial score (nSPS) is 9.57. The molecule has 3 nitrogen and oxygen atoms in total. The fourth-order valence-corrected chi connectivity index (χ4v) is 1.30. The Balaban J connectivity index is 3.07. The third kappa shape index (κ3) is 2.44. The molecule has 0 aromatic heterocycles. The predicted octanol–water partition coefficient (Wildman–Crippen LogP) is 2.44. The number of benzene rings is 1. The van der Waals surface area contributed by atoms with Crippen LogP contribution >= 0.6 is 15.9 Å². The number of hydrogen-bond acceptors (Lipinski definition) is 3. The minimum Gasteiger partial charge on any atom is -0.466 e. The summed E-state index contributed by atoms with van der Waals surface area (Å²) in [5, 5.41) is 8.66. The first-order valence-electron chi connectivity index (χ1n) is 3.70. The van der Waals surface area contributed by atoms with E-state index in [0.29, 0.717) is 4.47 Å². The van der Waals surface area contributed by atoms with E-state index in [0.717, 1.165) is 0 Å². The lowest BCUT2D eigenvalue weighted by molar-refractivity contribution is 0.0506. The van der Waals surface area contributed by atoms with Gasteiger partial charge in [-0.2, -0.15) is 5.26 Å². The van der Waals surface area contributed by atoms with Gasteiger partial charge < -0.3 is 9.47 Å². The third-order valence-corrected chi connectivity index (χ3v) is 1.92. The van der Waals surface area contributed by atoms with Crippen LogP contribution in [0, 0.1) is 17.1 Å². The van der Waals surface area contributed by atoms with Gasteiger partial charge in [0, 0.05) is 11.6 Å². The molecule has 0 aliphatic rings. The molecule has 0 aliphatic carbocycles. The predicted molar refractivity (Wildman–Crippen MR) is 51.3 cm³/mol. The van der Waals surface area contributed by atoms with E-state index in [1.54, 1.807) is 6.07 Å². The Kier molecular flexibility index (Phi) is 3.86. The van der Waals surface area contributed by atoms with Crippen molar-refractivity contribution < 1.29 is 13.9 Å². The molecule has 0 N–H and O–H groups in total. The van der Waals surface area contributed by atoms with Gasteiger partial charge in [-0.15, -0.1) is 0 Å². The summed E-state index contributed by atoms with van der Waals surface area (Å²) >= 11 is 3.10. The van der Waals surface area contributed by atoms with E-state index in [9.17, 15) is 4.39 Å². The number of hydrogen-bond donors (Lipinski definition) is 0. The van der Waals surface area contributed by atoms with Crippen molar-refractivity contribution in [2.45, 2.75) is 0 Å². The van der Waals surface area contributed by atoms with Crippen molar-refractivity contribution in [3.63, 3.8) is 0 Å². The summed E-state index contributed by atoms with van der Waals surface area (Å²) in [6.45, 7) is -0.0232. The summed E-state index contributed by atoms with van der Waals surface area (Å²) in [7, 11) is 1.44. The van der Waals surface area contributed by atoms with E-state index in [4.69, 9.17) is 10.00 Å². The van der Waals surface area contributed by atoms with Crippen molar-refractivity contribution in [3.05, 3.63) is 28.0 Å². The second-order valence-electron chi connectivity index (χ2n) is 2.42.